The fourth-order valence-electron chi connectivity index (χ4n) is 10.4. The Morgan fingerprint density at radius 2 is 1.08 bits per heavy atom. The van der Waals surface area contributed by atoms with Crippen LogP contribution in [0.5, 0.6) is 0 Å². The third-order valence-corrected chi connectivity index (χ3v) is 14.4. The van der Waals surface area contributed by atoms with E-state index in [1.54, 1.807) is 6.07 Å². The number of benzene rings is 8. The van der Waals surface area contributed by atoms with Crippen LogP contribution in [0, 0.1) is 31.8 Å². The van der Waals surface area contributed by atoms with E-state index in [2.05, 4.69) is 179 Å². The molecule has 0 spiro atoms. The van der Waals surface area contributed by atoms with E-state index in [4.69, 9.17) is 18.8 Å². The van der Waals surface area contributed by atoms with E-state index in [0.29, 0.717) is 17.7 Å². The summed E-state index contributed by atoms with van der Waals surface area (Å²) in [6.45, 7) is 21.8. The summed E-state index contributed by atoms with van der Waals surface area (Å²) in [4.78, 5) is 14.8. The maximum atomic E-state index is 13.5. The number of rotatable bonds is 10. The molecule has 1 radical (unpaired) electrons. The Morgan fingerprint density at radius 1 is 0.500 bits per heavy atom. The topological polar surface area (TPSA) is 74.8 Å². The summed E-state index contributed by atoms with van der Waals surface area (Å²) in [7, 11) is 0. The molecule has 9 heteroatoms. The van der Waals surface area contributed by atoms with E-state index < -0.39 is 0 Å². The second kappa shape index (κ2) is 21.1. The molecule has 0 N–H and O–H groups in total. The number of fused-ring (bicyclic) bond motifs is 5. The minimum Gasteiger partial charge on any atom is -0.501 e. The van der Waals surface area contributed by atoms with Gasteiger partial charge in [0.25, 0.3) is 0 Å². The Morgan fingerprint density at radius 3 is 1.66 bits per heavy atom. The number of para-hydroxylation sites is 5. The van der Waals surface area contributed by atoms with Crippen molar-refractivity contribution in [2.75, 3.05) is 0 Å². The van der Waals surface area contributed by atoms with Gasteiger partial charge in [0.05, 0.1) is 45.0 Å². The first-order valence-electron chi connectivity index (χ1n) is 26.1. The zero-order chi connectivity index (χ0) is 52.2. The Balaban J connectivity index is 0.000000194. The second-order valence-corrected chi connectivity index (χ2v) is 20.8. The van der Waals surface area contributed by atoms with Crippen LogP contribution in [0.15, 0.2) is 167 Å². The number of hydrogen-bond donors (Lipinski definition) is 0. The summed E-state index contributed by atoms with van der Waals surface area (Å²) in [6, 6.07) is 59.8. The molecule has 0 amide bonds. The van der Waals surface area contributed by atoms with Gasteiger partial charge in [0.15, 0.2) is 0 Å². The predicted octanol–water partition coefficient (Wildman–Crippen LogP) is 18.5. The molecule has 0 fully saturated rings. The monoisotopic (exact) mass is 1180 g/mol. The van der Waals surface area contributed by atoms with E-state index in [0.717, 1.165) is 83.8 Å². The largest absolute Gasteiger partial charge is 0.501 e. The molecular weight excluding hydrogens is 1120 g/mol. The Hall–Kier alpha value is -7.71. The van der Waals surface area contributed by atoms with Crippen LogP contribution in [-0.4, -0.2) is 24.1 Å². The molecule has 0 saturated heterocycles. The van der Waals surface area contributed by atoms with Crippen molar-refractivity contribution in [3.63, 3.8) is 0 Å². The van der Waals surface area contributed by atoms with Crippen LogP contribution < -0.4 is 0 Å². The number of nitrogens with zero attached hydrogens (tertiary/aromatic N) is 5. The van der Waals surface area contributed by atoms with Gasteiger partial charge in [-0.3, -0.25) is 14.4 Å². The second-order valence-electron chi connectivity index (χ2n) is 20.8. The van der Waals surface area contributed by atoms with Crippen LogP contribution >= 0.6 is 0 Å². The van der Waals surface area contributed by atoms with Gasteiger partial charge in [0.1, 0.15) is 11.3 Å². The van der Waals surface area contributed by atoms with E-state index in [-0.39, 0.29) is 37.8 Å². The van der Waals surface area contributed by atoms with Crippen LogP contribution in [0.2, 0.25) is 0 Å². The minimum atomic E-state index is -0.295. The average molecular weight is 1180 g/mol. The molecule has 0 aliphatic rings. The molecule has 8 aromatic carbocycles. The van der Waals surface area contributed by atoms with Gasteiger partial charge < -0.3 is 18.0 Å². The van der Waals surface area contributed by atoms with Crippen molar-refractivity contribution in [1.29, 1.82) is 0 Å². The van der Waals surface area contributed by atoms with Crippen molar-refractivity contribution in [1.82, 2.24) is 24.1 Å². The average Bonchev–Trinajstić information content (AvgIpc) is 4.24. The standard InChI is InChI=1S/C42H36N3O2.C25H24FN2.Ir/c1-24(2)34-21-30(28-13-8-7-9-14-28)22-35(25(3)4)39(34)45-37-18-11-10-17-36(37)44-41(45)33-16-12-15-32-31-20-19-29(23-38(31)47-40(32)33)42-43-26(5)27(6)46-42;1-16(2)20-8-7-9-21(17(3)4)24(20)28-23-11-6-5-10-22(23)27-25(28)18-12-14-19(26)15-13-18;/h7-15,17-25H,1-6H3;5-12,14-17H,1-4H3;/q2*-1;. The maximum absolute atomic E-state index is 13.5. The van der Waals surface area contributed by atoms with Crippen LogP contribution in [0.1, 0.15) is 113 Å². The summed E-state index contributed by atoms with van der Waals surface area (Å²) < 4.78 is 30.7. The predicted molar refractivity (Wildman–Crippen MR) is 305 cm³/mol. The summed E-state index contributed by atoms with van der Waals surface area (Å²) >= 11 is 0. The van der Waals surface area contributed by atoms with Gasteiger partial charge in [0.2, 0.25) is 5.89 Å². The molecular formula is C67H60FIrN5O2-2. The number of aryl methyl sites for hydroxylation is 2. The molecule has 0 aliphatic heterocycles. The third-order valence-electron chi connectivity index (χ3n) is 14.4. The normalized spacial score (nSPS) is 11.7. The Labute approximate surface area is 457 Å². The van der Waals surface area contributed by atoms with Gasteiger partial charge in [0, 0.05) is 48.2 Å². The molecule has 0 bridgehead atoms. The molecule has 0 aliphatic carbocycles. The molecule has 7 nitrogen and oxygen atoms in total. The van der Waals surface area contributed by atoms with Gasteiger partial charge in [-0.15, -0.1) is 48.0 Å². The summed E-state index contributed by atoms with van der Waals surface area (Å²) in [5, 5.41) is 2.05. The van der Waals surface area contributed by atoms with E-state index in [1.807, 2.05) is 56.3 Å². The number of aromatic nitrogens is 5. The number of oxazole rings is 1. The van der Waals surface area contributed by atoms with Gasteiger partial charge in [-0.25, -0.2) is 4.98 Å². The quantitative estimate of drug-likeness (QED) is 0.128. The van der Waals surface area contributed by atoms with Gasteiger partial charge in [-0.1, -0.05) is 145 Å². The number of hydrogen-bond acceptors (Lipinski definition) is 5. The van der Waals surface area contributed by atoms with Crippen molar-refractivity contribution in [3.05, 3.63) is 209 Å². The Bertz CT molecular complexity index is 3990. The molecule has 4 aromatic heterocycles. The summed E-state index contributed by atoms with van der Waals surface area (Å²) in [6.07, 6.45) is 0. The van der Waals surface area contributed by atoms with Crippen LogP contribution in [-0.2, 0) is 20.1 Å². The van der Waals surface area contributed by atoms with Crippen molar-refractivity contribution >= 4 is 44.0 Å². The smallest absolute Gasteiger partial charge is 0.226 e. The first-order valence-corrected chi connectivity index (χ1v) is 26.1. The van der Waals surface area contributed by atoms with Crippen LogP contribution in [0.25, 0.3) is 101 Å². The first kappa shape index (κ1) is 51.8. The third kappa shape index (κ3) is 9.41. The molecule has 0 unspecified atom stereocenters. The minimum absolute atomic E-state index is 0. The van der Waals surface area contributed by atoms with Crippen LogP contribution in [0.4, 0.5) is 4.39 Å². The van der Waals surface area contributed by atoms with Crippen molar-refractivity contribution in [2.24, 2.45) is 0 Å². The SMILES string of the molecule is CC(C)c1cccc(C(C)C)c1-n1c(-c2[c-]cc(F)cc2)nc2ccccc21.Cc1nc(-c2ccc3c(c2)oc2c(-c4nc5ccccc5n4-c4c(C(C)C)cc(-c5ccccc5)cc4C(C)C)[c-]ccc23)oc1C.[Ir]. The fourth-order valence-corrected chi connectivity index (χ4v) is 10.4. The van der Waals surface area contributed by atoms with E-state index in [9.17, 15) is 4.39 Å². The van der Waals surface area contributed by atoms with Gasteiger partial charge in [-0.2, -0.15) is 0 Å². The molecule has 12 rings (SSSR count). The number of imidazole rings is 2. The molecule has 383 valence electrons. The summed E-state index contributed by atoms with van der Waals surface area (Å²) in [5.74, 6) is 3.98. The van der Waals surface area contributed by atoms with Crippen molar-refractivity contribution in [2.45, 2.75) is 92.9 Å². The zero-order valence-electron chi connectivity index (χ0n) is 44.6. The van der Waals surface area contributed by atoms with Gasteiger partial charge >= 0.3 is 0 Å². The molecule has 12 aromatic rings. The summed E-state index contributed by atoms with van der Waals surface area (Å²) in [5.41, 5.74) is 18.8. The fraction of sp³-hybridized carbons (Fsp3) is 0.209. The Kier molecular flexibility index (Phi) is 14.4. The molecule has 4 heterocycles. The van der Waals surface area contributed by atoms with E-state index >= 15 is 0 Å². The van der Waals surface area contributed by atoms with E-state index in [1.165, 1.54) is 56.9 Å². The molecule has 0 saturated carbocycles. The molecule has 0 atom stereocenters. The maximum Gasteiger partial charge on any atom is 0.226 e. The van der Waals surface area contributed by atoms with Gasteiger partial charge in [-0.05, 0) is 119 Å². The number of furan rings is 1. The molecule has 76 heavy (non-hydrogen) atoms. The number of halogens is 1. The first-order chi connectivity index (χ1) is 36.2. The zero-order valence-corrected chi connectivity index (χ0v) is 47.0. The van der Waals surface area contributed by atoms with Crippen LogP contribution in [0.3, 0.4) is 0 Å². The van der Waals surface area contributed by atoms with Crippen molar-refractivity contribution < 1.29 is 33.3 Å². The van der Waals surface area contributed by atoms with Crippen molar-refractivity contribution in [3.8, 4) is 56.7 Å².